The molecule has 66 valence electrons. The zero-order valence-corrected chi connectivity index (χ0v) is 8.48. The summed E-state index contributed by atoms with van der Waals surface area (Å²) in [5.74, 6) is 1.97. The Bertz CT molecular complexity index is 124. The Morgan fingerprint density at radius 3 is 2.36 bits per heavy atom. The first-order valence-corrected chi connectivity index (χ1v) is 5.03. The van der Waals surface area contributed by atoms with Crippen molar-refractivity contribution in [3.8, 4) is 0 Å². The fourth-order valence-electron chi connectivity index (χ4n) is 2.85. The molecule has 0 aromatic carbocycles. The molecule has 11 heavy (non-hydrogen) atoms. The monoisotopic (exact) mass is 154 g/mol. The van der Waals surface area contributed by atoms with Gasteiger partial charge in [-0.25, -0.2) is 0 Å². The number of rotatable bonds is 1. The van der Waals surface area contributed by atoms with Crippen LogP contribution in [0.4, 0.5) is 0 Å². The van der Waals surface area contributed by atoms with Crippen molar-refractivity contribution in [1.29, 1.82) is 0 Å². The summed E-state index contributed by atoms with van der Waals surface area (Å²) in [5.41, 5.74) is 0.623. The van der Waals surface area contributed by atoms with Crippen LogP contribution in [0.3, 0.4) is 0 Å². The fraction of sp³-hybridized carbons (Fsp3) is 1.00. The Labute approximate surface area is 71.4 Å². The van der Waals surface area contributed by atoms with Crippen LogP contribution in [-0.4, -0.2) is 0 Å². The van der Waals surface area contributed by atoms with Crippen molar-refractivity contribution in [2.75, 3.05) is 0 Å². The number of hydrogen-bond donors (Lipinski definition) is 0. The van der Waals surface area contributed by atoms with Crippen molar-refractivity contribution in [1.82, 2.24) is 0 Å². The Morgan fingerprint density at radius 1 is 1.27 bits per heavy atom. The number of hydrogen-bond acceptors (Lipinski definition) is 0. The van der Waals surface area contributed by atoms with Crippen LogP contribution in [-0.2, 0) is 0 Å². The zero-order chi connectivity index (χ0) is 8.48. The van der Waals surface area contributed by atoms with Crippen LogP contribution in [0.25, 0.3) is 0 Å². The van der Waals surface area contributed by atoms with E-state index in [4.69, 9.17) is 0 Å². The molecule has 0 heteroatoms. The molecule has 1 saturated carbocycles. The summed E-state index contributed by atoms with van der Waals surface area (Å²) >= 11 is 0. The molecular formula is C11H22. The molecule has 2 atom stereocenters. The molecule has 0 saturated heterocycles. The van der Waals surface area contributed by atoms with Crippen molar-refractivity contribution in [2.45, 2.75) is 53.4 Å². The van der Waals surface area contributed by atoms with Crippen LogP contribution in [0, 0.1) is 17.3 Å². The molecule has 0 spiro atoms. The molecule has 1 aliphatic rings. The van der Waals surface area contributed by atoms with Crippen molar-refractivity contribution in [2.24, 2.45) is 17.3 Å². The molecule has 0 radical (unpaired) electrons. The van der Waals surface area contributed by atoms with E-state index < -0.39 is 0 Å². The quantitative estimate of drug-likeness (QED) is 0.538. The molecule has 0 heterocycles. The van der Waals surface area contributed by atoms with Gasteiger partial charge in [0.25, 0.3) is 0 Å². The second-order valence-corrected chi connectivity index (χ2v) is 5.19. The van der Waals surface area contributed by atoms with Gasteiger partial charge >= 0.3 is 0 Å². The van der Waals surface area contributed by atoms with Gasteiger partial charge in [-0.2, -0.15) is 0 Å². The SMILES string of the molecule is CCC1C[C@H](C)CC(C)(C)C1. The predicted octanol–water partition coefficient (Wildman–Crippen LogP) is 3.86. The summed E-state index contributed by atoms with van der Waals surface area (Å²) in [6.45, 7) is 9.58. The minimum absolute atomic E-state index is 0.623. The van der Waals surface area contributed by atoms with Crippen molar-refractivity contribution in [3.05, 3.63) is 0 Å². The summed E-state index contributed by atoms with van der Waals surface area (Å²) in [7, 11) is 0. The molecule has 1 fully saturated rings. The molecule has 1 unspecified atom stereocenters. The molecular weight excluding hydrogens is 132 g/mol. The van der Waals surface area contributed by atoms with Gasteiger partial charge in [-0.1, -0.05) is 34.1 Å². The Kier molecular flexibility index (Phi) is 2.61. The molecule has 0 bridgehead atoms. The summed E-state index contributed by atoms with van der Waals surface area (Å²) in [6.07, 6.45) is 5.74. The highest BCUT2D eigenvalue weighted by molar-refractivity contribution is 4.81. The third kappa shape index (κ3) is 2.50. The third-order valence-corrected chi connectivity index (χ3v) is 3.06. The van der Waals surface area contributed by atoms with Crippen LogP contribution < -0.4 is 0 Å². The van der Waals surface area contributed by atoms with Gasteiger partial charge in [0.1, 0.15) is 0 Å². The van der Waals surface area contributed by atoms with Crippen LogP contribution in [0.2, 0.25) is 0 Å². The molecule has 0 aliphatic heterocycles. The predicted molar refractivity (Wildman–Crippen MR) is 50.6 cm³/mol. The lowest BCUT2D eigenvalue weighted by molar-refractivity contribution is 0.130. The van der Waals surface area contributed by atoms with Gasteiger partial charge in [0.15, 0.2) is 0 Å². The van der Waals surface area contributed by atoms with E-state index in [1.165, 1.54) is 25.7 Å². The van der Waals surface area contributed by atoms with Gasteiger partial charge in [0.2, 0.25) is 0 Å². The topological polar surface area (TPSA) is 0 Å². The van der Waals surface area contributed by atoms with Gasteiger partial charge in [-0.15, -0.1) is 0 Å². The lowest BCUT2D eigenvalue weighted by Crippen LogP contribution is -2.27. The van der Waals surface area contributed by atoms with Gasteiger partial charge < -0.3 is 0 Å². The molecule has 0 N–H and O–H groups in total. The first kappa shape index (κ1) is 9.09. The van der Waals surface area contributed by atoms with E-state index in [0.29, 0.717) is 5.41 Å². The largest absolute Gasteiger partial charge is 0.0651 e. The summed E-state index contributed by atoms with van der Waals surface area (Å²) in [6, 6.07) is 0. The van der Waals surface area contributed by atoms with E-state index in [1.54, 1.807) is 0 Å². The maximum Gasteiger partial charge on any atom is -0.0349 e. The van der Waals surface area contributed by atoms with Gasteiger partial charge in [0.05, 0.1) is 0 Å². The maximum absolute atomic E-state index is 2.42. The van der Waals surface area contributed by atoms with E-state index in [1.807, 2.05) is 0 Å². The minimum atomic E-state index is 0.623. The average Bonchev–Trinajstić information content (AvgIpc) is 1.83. The fourth-order valence-corrected chi connectivity index (χ4v) is 2.85. The van der Waals surface area contributed by atoms with E-state index in [-0.39, 0.29) is 0 Å². The zero-order valence-electron chi connectivity index (χ0n) is 8.48. The lowest BCUT2D eigenvalue weighted by atomic mass is 9.67. The van der Waals surface area contributed by atoms with Gasteiger partial charge in [0, 0.05) is 0 Å². The van der Waals surface area contributed by atoms with Crippen LogP contribution in [0.15, 0.2) is 0 Å². The summed E-state index contributed by atoms with van der Waals surface area (Å²) in [5, 5.41) is 0. The van der Waals surface area contributed by atoms with E-state index in [9.17, 15) is 0 Å². The normalized spacial score (nSPS) is 37.1. The highest BCUT2D eigenvalue weighted by atomic mass is 14.4. The van der Waals surface area contributed by atoms with Crippen LogP contribution in [0.5, 0.6) is 0 Å². The van der Waals surface area contributed by atoms with Crippen LogP contribution in [0.1, 0.15) is 53.4 Å². The minimum Gasteiger partial charge on any atom is -0.0651 e. The Balaban J connectivity index is 2.51. The van der Waals surface area contributed by atoms with E-state index in [2.05, 4.69) is 27.7 Å². The van der Waals surface area contributed by atoms with Gasteiger partial charge in [-0.3, -0.25) is 0 Å². The Hall–Kier alpha value is 0. The second-order valence-electron chi connectivity index (χ2n) is 5.19. The average molecular weight is 154 g/mol. The highest BCUT2D eigenvalue weighted by Crippen LogP contribution is 2.42. The molecule has 1 aliphatic carbocycles. The van der Waals surface area contributed by atoms with Gasteiger partial charge in [-0.05, 0) is 36.5 Å². The van der Waals surface area contributed by atoms with Crippen LogP contribution >= 0.6 is 0 Å². The smallest absolute Gasteiger partial charge is 0.0349 e. The maximum atomic E-state index is 2.42. The standard InChI is InChI=1S/C11H22/c1-5-10-6-9(2)7-11(3,4)8-10/h9-10H,5-8H2,1-4H3/t9-,10?/m0/s1. The lowest BCUT2D eigenvalue weighted by Gasteiger charge is -2.38. The first-order chi connectivity index (χ1) is 5.03. The Morgan fingerprint density at radius 2 is 1.91 bits per heavy atom. The first-order valence-electron chi connectivity index (χ1n) is 5.03. The summed E-state index contributed by atoms with van der Waals surface area (Å²) in [4.78, 5) is 0. The van der Waals surface area contributed by atoms with Crippen molar-refractivity contribution >= 4 is 0 Å². The highest BCUT2D eigenvalue weighted by Gasteiger charge is 2.30. The molecule has 0 aromatic rings. The second kappa shape index (κ2) is 3.16. The molecule has 0 nitrogen and oxygen atoms in total. The van der Waals surface area contributed by atoms with Crippen molar-refractivity contribution in [3.63, 3.8) is 0 Å². The third-order valence-electron chi connectivity index (χ3n) is 3.06. The molecule has 0 aromatic heterocycles. The van der Waals surface area contributed by atoms with Crippen molar-refractivity contribution < 1.29 is 0 Å². The summed E-state index contributed by atoms with van der Waals surface area (Å²) < 4.78 is 0. The van der Waals surface area contributed by atoms with E-state index in [0.717, 1.165) is 11.8 Å². The molecule has 1 rings (SSSR count). The van der Waals surface area contributed by atoms with E-state index >= 15 is 0 Å². The molecule has 0 amide bonds.